The minimum Gasteiger partial charge on any atom is -0.466 e. The SMILES string of the molecule is COC(=O)c1cc(C(C)C)c(C(OC(=O)C(C)C)C(=O)OC)n1Cc1ccccc1. The third-order valence-corrected chi connectivity index (χ3v) is 4.74. The molecule has 0 spiro atoms. The Balaban J connectivity index is 2.73. The third kappa shape index (κ3) is 5.09. The molecule has 2 rings (SSSR count). The van der Waals surface area contributed by atoms with Gasteiger partial charge in [-0.3, -0.25) is 4.79 Å². The Labute approximate surface area is 176 Å². The van der Waals surface area contributed by atoms with Crippen LogP contribution in [0.4, 0.5) is 0 Å². The maximum Gasteiger partial charge on any atom is 0.354 e. The Morgan fingerprint density at radius 3 is 2.07 bits per heavy atom. The van der Waals surface area contributed by atoms with Gasteiger partial charge < -0.3 is 18.8 Å². The monoisotopic (exact) mass is 415 g/mol. The van der Waals surface area contributed by atoms with E-state index in [0.29, 0.717) is 17.8 Å². The van der Waals surface area contributed by atoms with E-state index in [1.807, 2.05) is 44.2 Å². The van der Waals surface area contributed by atoms with Crippen LogP contribution in [-0.4, -0.2) is 36.7 Å². The van der Waals surface area contributed by atoms with Gasteiger partial charge in [-0.25, -0.2) is 9.59 Å². The lowest BCUT2D eigenvalue weighted by atomic mass is 10.00. The summed E-state index contributed by atoms with van der Waals surface area (Å²) >= 11 is 0. The van der Waals surface area contributed by atoms with Crippen LogP contribution in [0.15, 0.2) is 36.4 Å². The molecule has 0 aliphatic rings. The van der Waals surface area contributed by atoms with Crippen molar-refractivity contribution in [1.29, 1.82) is 0 Å². The Bertz CT molecular complexity index is 898. The van der Waals surface area contributed by atoms with Gasteiger partial charge in [0.1, 0.15) is 5.69 Å². The van der Waals surface area contributed by atoms with Crippen molar-refractivity contribution < 1.29 is 28.6 Å². The van der Waals surface area contributed by atoms with Crippen LogP contribution in [0.2, 0.25) is 0 Å². The first-order valence-electron chi connectivity index (χ1n) is 9.85. The molecule has 0 N–H and O–H groups in total. The summed E-state index contributed by atoms with van der Waals surface area (Å²) in [5.41, 5.74) is 2.30. The Morgan fingerprint density at radius 1 is 0.933 bits per heavy atom. The van der Waals surface area contributed by atoms with E-state index in [-0.39, 0.29) is 11.6 Å². The fraction of sp³-hybridized carbons (Fsp3) is 0.435. The predicted octanol–water partition coefficient (Wildman–Crippen LogP) is 3.86. The number of ether oxygens (including phenoxy) is 3. The lowest BCUT2D eigenvalue weighted by Gasteiger charge is -2.22. The minimum atomic E-state index is -1.30. The lowest BCUT2D eigenvalue weighted by Crippen LogP contribution is -2.27. The van der Waals surface area contributed by atoms with Gasteiger partial charge in [0, 0.05) is 6.54 Å². The molecule has 7 nitrogen and oxygen atoms in total. The molecule has 30 heavy (non-hydrogen) atoms. The molecule has 1 heterocycles. The van der Waals surface area contributed by atoms with Crippen LogP contribution in [0, 0.1) is 5.92 Å². The molecule has 0 saturated carbocycles. The molecule has 2 aromatic rings. The van der Waals surface area contributed by atoms with E-state index >= 15 is 0 Å². The molecule has 7 heteroatoms. The van der Waals surface area contributed by atoms with Crippen LogP contribution < -0.4 is 0 Å². The molecule has 1 aromatic heterocycles. The second kappa shape index (κ2) is 10.1. The van der Waals surface area contributed by atoms with E-state index in [9.17, 15) is 14.4 Å². The fourth-order valence-electron chi connectivity index (χ4n) is 3.12. The molecule has 0 bridgehead atoms. The first-order valence-corrected chi connectivity index (χ1v) is 9.85. The molecular weight excluding hydrogens is 386 g/mol. The zero-order valence-electron chi connectivity index (χ0n) is 18.3. The van der Waals surface area contributed by atoms with E-state index in [1.54, 1.807) is 24.5 Å². The molecule has 1 unspecified atom stereocenters. The highest BCUT2D eigenvalue weighted by Gasteiger charge is 2.35. The van der Waals surface area contributed by atoms with Crippen molar-refractivity contribution in [2.24, 2.45) is 5.92 Å². The highest BCUT2D eigenvalue weighted by Crippen LogP contribution is 2.33. The zero-order chi connectivity index (χ0) is 22.4. The molecule has 0 saturated heterocycles. The quantitative estimate of drug-likeness (QED) is 0.481. The Hall–Kier alpha value is -3.09. The average molecular weight is 415 g/mol. The highest BCUT2D eigenvalue weighted by molar-refractivity contribution is 5.89. The van der Waals surface area contributed by atoms with E-state index in [4.69, 9.17) is 14.2 Å². The van der Waals surface area contributed by atoms with Gasteiger partial charge in [0.05, 0.1) is 25.8 Å². The minimum absolute atomic E-state index is 0.0506. The summed E-state index contributed by atoms with van der Waals surface area (Å²) in [5, 5.41) is 0. The number of hydrogen-bond acceptors (Lipinski definition) is 6. The van der Waals surface area contributed by atoms with E-state index in [1.165, 1.54) is 14.2 Å². The summed E-state index contributed by atoms with van der Waals surface area (Å²) in [5.74, 6) is -2.28. The third-order valence-electron chi connectivity index (χ3n) is 4.74. The van der Waals surface area contributed by atoms with E-state index < -0.39 is 29.9 Å². The van der Waals surface area contributed by atoms with Crippen molar-refractivity contribution in [2.45, 2.75) is 46.3 Å². The number of methoxy groups -OCH3 is 2. The summed E-state index contributed by atoms with van der Waals surface area (Å²) in [6.07, 6.45) is -1.30. The topological polar surface area (TPSA) is 83.8 Å². The predicted molar refractivity (Wildman–Crippen MR) is 111 cm³/mol. The second-order valence-electron chi connectivity index (χ2n) is 7.58. The second-order valence-corrected chi connectivity index (χ2v) is 7.58. The molecular formula is C23H29NO6. The summed E-state index contributed by atoms with van der Waals surface area (Å²) in [7, 11) is 2.53. The smallest absolute Gasteiger partial charge is 0.354 e. The molecule has 1 aromatic carbocycles. The van der Waals surface area contributed by atoms with Gasteiger partial charge in [-0.15, -0.1) is 0 Å². The maximum atomic E-state index is 12.7. The number of aromatic nitrogens is 1. The molecule has 0 radical (unpaired) electrons. The number of carbonyl (C=O) groups excluding carboxylic acids is 3. The summed E-state index contributed by atoms with van der Waals surface area (Å²) in [6, 6.07) is 11.2. The molecule has 0 fully saturated rings. The molecule has 162 valence electrons. The summed E-state index contributed by atoms with van der Waals surface area (Å²) in [6.45, 7) is 7.53. The molecule has 0 aliphatic carbocycles. The number of benzene rings is 1. The van der Waals surface area contributed by atoms with Crippen molar-refractivity contribution in [2.75, 3.05) is 14.2 Å². The lowest BCUT2D eigenvalue weighted by molar-refractivity contribution is -0.169. The fourth-order valence-corrected chi connectivity index (χ4v) is 3.12. The van der Waals surface area contributed by atoms with Gasteiger partial charge in [0.15, 0.2) is 0 Å². The first kappa shape index (κ1) is 23.2. The average Bonchev–Trinajstić information content (AvgIpc) is 3.10. The number of nitrogens with zero attached hydrogens (tertiary/aromatic N) is 1. The molecule has 1 atom stereocenters. The largest absolute Gasteiger partial charge is 0.466 e. The number of esters is 3. The number of hydrogen-bond donors (Lipinski definition) is 0. The zero-order valence-corrected chi connectivity index (χ0v) is 18.3. The summed E-state index contributed by atoms with van der Waals surface area (Å²) < 4.78 is 17.1. The maximum absolute atomic E-state index is 12.7. The van der Waals surface area contributed by atoms with Gasteiger partial charge in [0.25, 0.3) is 0 Å². The van der Waals surface area contributed by atoms with Crippen LogP contribution in [0.5, 0.6) is 0 Å². The molecule has 0 aliphatic heterocycles. The van der Waals surface area contributed by atoms with E-state index in [2.05, 4.69) is 0 Å². The van der Waals surface area contributed by atoms with Gasteiger partial charge in [-0.05, 0) is 23.1 Å². The van der Waals surface area contributed by atoms with Crippen LogP contribution in [-0.2, 0) is 30.3 Å². The Kier molecular flexibility index (Phi) is 7.80. The molecule has 0 amide bonds. The highest BCUT2D eigenvalue weighted by atomic mass is 16.6. The Morgan fingerprint density at radius 2 is 1.57 bits per heavy atom. The van der Waals surface area contributed by atoms with Crippen molar-refractivity contribution >= 4 is 17.9 Å². The van der Waals surface area contributed by atoms with Crippen molar-refractivity contribution in [3.8, 4) is 0 Å². The van der Waals surface area contributed by atoms with E-state index in [0.717, 1.165) is 5.56 Å². The number of carbonyl (C=O) groups is 3. The van der Waals surface area contributed by atoms with Crippen LogP contribution in [0.3, 0.4) is 0 Å². The van der Waals surface area contributed by atoms with Crippen molar-refractivity contribution in [3.05, 3.63) is 58.9 Å². The first-order chi connectivity index (χ1) is 14.2. The van der Waals surface area contributed by atoms with Crippen LogP contribution in [0.1, 0.15) is 67.0 Å². The standard InChI is InChI=1S/C23H29NO6/c1-14(2)17-12-18(22(26)28-5)24(13-16-10-8-7-9-11-16)19(17)20(23(27)29-6)30-21(25)15(3)4/h7-12,14-15,20H,13H2,1-6H3. The number of rotatable bonds is 8. The van der Waals surface area contributed by atoms with Gasteiger partial charge in [-0.2, -0.15) is 0 Å². The van der Waals surface area contributed by atoms with Gasteiger partial charge in [0.2, 0.25) is 6.10 Å². The van der Waals surface area contributed by atoms with Crippen LogP contribution in [0.25, 0.3) is 0 Å². The van der Waals surface area contributed by atoms with Crippen LogP contribution >= 0.6 is 0 Å². The van der Waals surface area contributed by atoms with Crippen molar-refractivity contribution in [1.82, 2.24) is 4.57 Å². The summed E-state index contributed by atoms with van der Waals surface area (Å²) in [4.78, 5) is 37.6. The normalized spacial score (nSPS) is 12.0. The van der Waals surface area contributed by atoms with Gasteiger partial charge >= 0.3 is 17.9 Å². The van der Waals surface area contributed by atoms with Crippen molar-refractivity contribution in [3.63, 3.8) is 0 Å². The van der Waals surface area contributed by atoms with Gasteiger partial charge in [-0.1, -0.05) is 58.0 Å².